The first-order chi connectivity index (χ1) is 9.88. The van der Waals surface area contributed by atoms with Gasteiger partial charge in [-0.25, -0.2) is 0 Å². The van der Waals surface area contributed by atoms with Crippen LogP contribution in [-0.4, -0.2) is 11.5 Å². The van der Waals surface area contributed by atoms with E-state index < -0.39 is 0 Å². The first-order valence-corrected chi connectivity index (χ1v) is 6.00. The van der Waals surface area contributed by atoms with Crippen LogP contribution in [0.5, 0.6) is 5.75 Å². The van der Waals surface area contributed by atoms with Crippen molar-refractivity contribution in [1.29, 1.82) is 0 Å². The lowest BCUT2D eigenvalue weighted by molar-refractivity contribution is 0.305. The summed E-state index contributed by atoms with van der Waals surface area (Å²) >= 11 is 0. The minimum Gasteiger partial charge on any atom is -0.487 e. The summed E-state index contributed by atoms with van der Waals surface area (Å²) in [5, 5.41) is 3.34. The molecule has 0 aliphatic heterocycles. The number of pyridine rings is 1. The molecule has 0 N–H and O–H groups in total. The first-order valence-electron chi connectivity index (χ1n) is 6.00. The zero-order valence-corrected chi connectivity index (χ0v) is 10.7. The molecule has 0 saturated carbocycles. The van der Waals surface area contributed by atoms with E-state index in [1.54, 1.807) is 18.5 Å². The van der Waals surface area contributed by atoms with Crippen LogP contribution in [-0.2, 0) is 6.61 Å². The van der Waals surface area contributed by atoms with Crippen molar-refractivity contribution in [3.05, 3.63) is 70.4 Å². The van der Waals surface area contributed by atoms with Gasteiger partial charge in [0.15, 0.2) is 0 Å². The predicted molar refractivity (Wildman–Crippen MR) is 75.9 cm³/mol. The van der Waals surface area contributed by atoms with E-state index in [0.29, 0.717) is 12.4 Å². The number of benzene rings is 1. The quantitative estimate of drug-likeness (QED) is 0.368. The van der Waals surface area contributed by atoms with Crippen molar-refractivity contribution in [3.63, 3.8) is 0 Å². The zero-order valence-electron chi connectivity index (χ0n) is 10.7. The Morgan fingerprint density at radius 2 is 2.10 bits per heavy atom. The standard InChI is InChI=1S/C15H12N4O/c16-19-18-8-4-7-14-9-15(11-17-10-14)20-12-13-5-2-1-3-6-13/h1-3,5-6,9-11H,8,12H2. The monoisotopic (exact) mass is 264 g/mol. The Balaban J connectivity index is 1.98. The van der Waals surface area contributed by atoms with Gasteiger partial charge in [-0.2, -0.15) is 0 Å². The highest BCUT2D eigenvalue weighted by atomic mass is 16.5. The highest BCUT2D eigenvalue weighted by Crippen LogP contribution is 2.12. The molecule has 5 heteroatoms. The summed E-state index contributed by atoms with van der Waals surface area (Å²) in [5.41, 5.74) is 9.96. The number of nitrogens with zero attached hydrogens (tertiary/aromatic N) is 4. The van der Waals surface area contributed by atoms with Crippen LogP contribution in [0.1, 0.15) is 11.1 Å². The molecule has 2 aromatic rings. The normalized spacial score (nSPS) is 9.00. The predicted octanol–water partition coefficient (Wildman–Crippen LogP) is 3.32. The summed E-state index contributed by atoms with van der Waals surface area (Å²) < 4.78 is 5.65. The molecule has 2 rings (SSSR count). The van der Waals surface area contributed by atoms with Crippen LogP contribution in [0, 0.1) is 11.8 Å². The van der Waals surface area contributed by atoms with Crippen LogP contribution in [0.25, 0.3) is 10.4 Å². The molecule has 0 unspecified atom stereocenters. The largest absolute Gasteiger partial charge is 0.487 e. The molecule has 1 aromatic heterocycles. The molecule has 0 aliphatic rings. The minimum absolute atomic E-state index is 0.144. The third-order valence-corrected chi connectivity index (χ3v) is 2.41. The molecule has 1 heterocycles. The SMILES string of the molecule is [N-]=[N+]=NCC#Cc1cncc(OCc2ccccc2)c1. The summed E-state index contributed by atoms with van der Waals surface area (Å²) in [6.45, 7) is 0.629. The number of aromatic nitrogens is 1. The molecule has 20 heavy (non-hydrogen) atoms. The van der Waals surface area contributed by atoms with Gasteiger partial charge in [-0.3, -0.25) is 4.98 Å². The van der Waals surface area contributed by atoms with E-state index in [1.165, 1.54) is 0 Å². The fourth-order valence-corrected chi connectivity index (χ4v) is 1.52. The van der Waals surface area contributed by atoms with Crippen molar-refractivity contribution in [2.75, 3.05) is 6.54 Å². The van der Waals surface area contributed by atoms with Gasteiger partial charge >= 0.3 is 0 Å². The second-order valence-electron chi connectivity index (χ2n) is 3.87. The van der Waals surface area contributed by atoms with Crippen LogP contribution in [0.3, 0.4) is 0 Å². The Kier molecular flexibility index (Phi) is 5.03. The summed E-state index contributed by atoms with van der Waals surface area (Å²) in [7, 11) is 0. The summed E-state index contributed by atoms with van der Waals surface area (Å²) in [6.07, 6.45) is 3.28. The van der Waals surface area contributed by atoms with E-state index in [9.17, 15) is 0 Å². The Labute approximate surface area is 116 Å². The van der Waals surface area contributed by atoms with Gasteiger partial charge in [-0.05, 0) is 17.2 Å². The molecular weight excluding hydrogens is 252 g/mol. The Morgan fingerprint density at radius 3 is 2.90 bits per heavy atom. The van der Waals surface area contributed by atoms with Crippen molar-refractivity contribution < 1.29 is 4.74 Å². The molecule has 0 radical (unpaired) electrons. The van der Waals surface area contributed by atoms with Crippen LogP contribution in [0.15, 0.2) is 53.9 Å². The molecule has 1 aromatic carbocycles. The van der Waals surface area contributed by atoms with Crippen molar-refractivity contribution >= 4 is 0 Å². The average molecular weight is 264 g/mol. The Morgan fingerprint density at radius 1 is 1.25 bits per heavy atom. The fourth-order valence-electron chi connectivity index (χ4n) is 1.52. The van der Waals surface area contributed by atoms with Gasteiger partial charge in [0, 0.05) is 16.7 Å². The first kappa shape index (κ1) is 13.5. The summed E-state index contributed by atoms with van der Waals surface area (Å²) in [4.78, 5) is 6.69. The third-order valence-electron chi connectivity index (χ3n) is 2.41. The number of hydrogen-bond donors (Lipinski definition) is 0. The van der Waals surface area contributed by atoms with Gasteiger partial charge in [0.2, 0.25) is 0 Å². The lowest BCUT2D eigenvalue weighted by Gasteiger charge is -2.05. The topological polar surface area (TPSA) is 70.9 Å². The molecule has 0 aliphatic carbocycles. The second-order valence-corrected chi connectivity index (χ2v) is 3.87. The van der Waals surface area contributed by atoms with Gasteiger partial charge in [0.05, 0.1) is 12.7 Å². The van der Waals surface area contributed by atoms with Crippen LogP contribution < -0.4 is 4.74 Å². The van der Waals surface area contributed by atoms with E-state index in [1.807, 2.05) is 30.3 Å². The minimum atomic E-state index is 0.144. The van der Waals surface area contributed by atoms with Gasteiger partial charge in [0.1, 0.15) is 12.4 Å². The lowest BCUT2D eigenvalue weighted by atomic mass is 10.2. The fraction of sp³-hybridized carbons (Fsp3) is 0.133. The van der Waals surface area contributed by atoms with E-state index >= 15 is 0 Å². The average Bonchev–Trinajstić information content (AvgIpc) is 2.51. The Bertz CT molecular complexity index is 667. The number of rotatable bonds is 4. The maximum atomic E-state index is 8.14. The van der Waals surface area contributed by atoms with Gasteiger partial charge in [0.25, 0.3) is 0 Å². The molecule has 0 amide bonds. The van der Waals surface area contributed by atoms with E-state index in [2.05, 4.69) is 26.9 Å². The van der Waals surface area contributed by atoms with Gasteiger partial charge < -0.3 is 4.74 Å². The number of ether oxygens (including phenoxy) is 1. The Hall–Kier alpha value is -2.96. The van der Waals surface area contributed by atoms with E-state index in [0.717, 1.165) is 11.1 Å². The third kappa shape index (κ3) is 4.37. The molecule has 0 spiro atoms. The van der Waals surface area contributed by atoms with Crippen molar-refractivity contribution in [2.45, 2.75) is 6.61 Å². The number of hydrogen-bond acceptors (Lipinski definition) is 3. The van der Waals surface area contributed by atoms with Crippen molar-refractivity contribution in [3.8, 4) is 17.6 Å². The van der Waals surface area contributed by atoms with Gasteiger partial charge in [-0.1, -0.05) is 47.3 Å². The molecule has 98 valence electrons. The van der Waals surface area contributed by atoms with Crippen molar-refractivity contribution in [1.82, 2.24) is 4.98 Å². The summed E-state index contributed by atoms with van der Waals surface area (Å²) in [6, 6.07) is 11.7. The second kappa shape index (κ2) is 7.47. The molecule has 0 bridgehead atoms. The van der Waals surface area contributed by atoms with Crippen LogP contribution in [0.2, 0.25) is 0 Å². The van der Waals surface area contributed by atoms with E-state index in [-0.39, 0.29) is 6.54 Å². The maximum Gasteiger partial charge on any atom is 0.139 e. The molecular formula is C15H12N4O. The lowest BCUT2D eigenvalue weighted by Crippen LogP contribution is -1.95. The zero-order chi connectivity index (χ0) is 14.0. The smallest absolute Gasteiger partial charge is 0.139 e. The summed E-state index contributed by atoms with van der Waals surface area (Å²) in [5.74, 6) is 6.26. The molecule has 5 nitrogen and oxygen atoms in total. The van der Waals surface area contributed by atoms with Gasteiger partial charge in [-0.15, -0.1) is 0 Å². The molecule has 0 fully saturated rings. The highest BCUT2D eigenvalue weighted by molar-refractivity contribution is 5.37. The molecule has 0 atom stereocenters. The van der Waals surface area contributed by atoms with Crippen molar-refractivity contribution in [2.24, 2.45) is 5.11 Å². The molecule has 0 saturated heterocycles. The maximum absolute atomic E-state index is 8.14. The van der Waals surface area contributed by atoms with E-state index in [4.69, 9.17) is 10.3 Å². The highest BCUT2D eigenvalue weighted by Gasteiger charge is 1.97. The number of azide groups is 1. The van der Waals surface area contributed by atoms with Crippen LogP contribution >= 0.6 is 0 Å². The van der Waals surface area contributed by atoms with Crippen LogP contribution in [0.4, 0.5) is 0 Å².